The van der Waals surface area contributed by atoms with E-state index >= 15 is 0 Å². The minimum absolute atomic E-state index is 0.119. The van der Waals surface area contributed by atoms with Crippen molar-refractivity contribution >= 4 is 0 Å². The number of likely N-dealkylation sites (N-methyl/N-ethyl adjacent to an activating group) is 1. The van der Waals surface area contributed by atoms with Crippen molar-refractivity contribution in [2.24, 2.45) is 0 Å². The summed E-state index contributed by atoms with van der Waals surface area (Å²) in [7, 11) is 2.12. The van der Waals surface area contributed by atoms with Gasteiger partial charge in [-0.1, -0.05) is 44.7 Å². The van der Waals surface area contributed by atoms with Gasteiger partial charge in [-0.3, -0.25) is 0 Å². The predicted molar refractivity (Wildman–Crippen MR) is 98.6 cm³/mol. The van der Waals surface area contributed by atoms with Gasteiger partial charge in [-0.25, -0.2) is 0 Å². The third kappa shape index (κ3) is 7.54. The van der Waals surface area contributed by atoms with Crippen LogP contribution in [0.5, 0.6) is 5.75 Å². The van der Waals surface area contributed by atoms with E-state index in [-0.39, 0.29) is 11.7 Å². The van der Waals surface area contributed by atoms with Crippen LogP contribution >= 0.6 is 0 Å². The quantitative estimate of drug-likeness (QED) is 0.574. The number of hydrogen-bond acceptors (Lipinski definition) is 3. The molecule has 1 atom stereocenters. The monoisotopic (exact) mass is 372 g/mol. The molecular formula is C20H31F3N2O. The normalized spacial score (nSPS) is 18.0. The van der Waals surface area contributed by atoms with E-state index in [2.05, 4.69) is 28.5 Å². The Balaban J connectivity index is 2.05. The summed E-state index contributed by atoms with van der Waals surface area (Å²) in [5, 5.41) is 0. The Hall–Kier alpha value is -1.27. The minimum atomic E-state index is -4.65. The molecule has 0 unspecified atom stereocenters. The maximum Gasteiger partial charge on any atom is 0.573 e. The predicted octanol–water partition coefficient (Wildman–Crippen LogP) is 4.89. The Bertz CT molecular complexity index is 528. The lowest BCUT2D eigenvalue weighted by Crippen LogP contribution is -2.45. The summed E-state index contributed by atoms with van der Waals surface area (Å²) in [6, 6.07) is 6.54. The first-order valence-electron chi connectivity index (χ1n) is 9.64. The number of nitrogens with zero attached hydrogens (tertiary/aromatic N) is 2. The topological polar surface area (TPSA) is 15.7 Å². The molecular weight excluding hydrogens is 341 g/mol. The highest BCUT2D eigenvalue weighted by Gasteiger charge is 2.31. The lowest BCUT2D eigenvalue weighted by Gasteiger charge is -2.35. The van der Waals surface area contributed by atoms with Crippen LogP contribution in [0.3, 0.4) is 0 Å². The summed E-state index contributed by atoms with van der Waals surface area (Å²) in [6.45, 7) is 7.19. The van der Waals surface area contributed by atoms with Gasteiger partial charge in [0.1, 0.15) is 5.75 Å². The van der Waals surface area contributed by atoms with Crippen molar-refractivity contribution in [3.05, 3.63) is 29.8 Å². The number of piperazine rings is 1. The lowest BCUT2D eigenvalue weighted by molar-refractivity contribution is -0.274. The molecule has 1 aromatic carbocycles. The fourth-order valence-electron chi connectivity index (χ4n) is 3.49. The summed E-state index contributed by atoms with van der Waals surface area (Å²) in [4.78, 5) is 4.74. The molecule has 3 nitrogen and oxygen atoms in total. The van der Waals surface area contributed by atoms with Crippen LogP contribution in [0.25, 0.3) is 0 Å². The molecule has 26 heavy (non-hydrogen) atoms. The van der Waals surface area contributed by atoms with Crippen LogP contribution in [0, 0.1) is 0 Å². The minimum Gasteiger partial charge on any atom is -0.406 e. The summed E-state index contributed by atoms with van der Waals surface area (Å²) in [5.41, 5.74) is 0.946. The van der Waals surface area contributed by atoms with Gasteiger partial charge in [-0.2, -0.15) is 0 Å². The SMILES string of the molecule is CCCCCC[C@@H](CN1CCN(C)CC1)c1cccc(OC(F)(F)F)c1. The molecule has 1 aliphatic heterocycles. The number of unbranched alkanes of at least 4 members (excludes halogenated alkanes) is 3. The number of hydrogen-bond donors (Lipinski definition) is 0. The number of halogens is 3. The molecule has 2 rings (SSSR count). The average molecular weight is 372 g/mol. The maximum atomic E-state index is 12.5. The molecule has 0 aliphatic carbocycles. The zero-order valence-corrected chi connectivity index (χ0v) is 15.9. The van der Waals surface area contributed by atoms with Crippen molar-refractivity contribution in [3.63, 3.8) is 0 Å². The van der Waals surface area contributed by atoms with Gasteiger partial charge in [0, 0.05) is 32.7 Å². The number of ether oxygens (including phenoxy) is 1. The van der Waals surface area contributed by atoms with Crippen LogP contribution in [-0.2, 0) is 0 Å². The van der Waals surface area contributed by atoms with Crippen molar-refractivity contribution < 1.29 is 17.9 Å². The van der Waals surface area contributed by atoms with Crippen molar-refractivity contribution in [2.45, 2.75) is 51.3 Å². The molecule has 0 N–H and O–H groups in total. The zero-order chi connectivity index (χ0) is 19.0. The second-order valence-corrected chi connectivity index (χ2v) is 7.27. The molecule has 1 aromatic rings. The molecule has 0 aromatic heterocycles. The van der Waals surface area contributed by atoms with Gasteiger partial charge in [-0.15, -0.1) is 13.2 Å². The molecule has 1 heterocycles. The van der Waals surface area contributed by atoms with Crippen molar-refractivity contribution in [2.75, 3.05) is 39.8 Å². The van der Waals surface area contributed by atoms with Gasteiger partial charge in [-0.05, 0) is 37.1 Å². The summed E-state index contributed by atoms with van der Waals surface area (Å²) in [5.74, 6) is 0.124. The van der Waals surface area contributed by atoms with Gasteiger partial charge >= 0.3 is 6.36 Å². The Morgan fingerprint density at radius 2 is 1.81 bits per heavy atom. The molecule has 0 radical (unpaired) electrons. The standard InChI is InChI=1S/C20H31F3N2O/c1-3-4-5-6-8-18(16-25-13-11-24(2)12-14-25)17-9-7-10-19(15-17)26-20(21,22)23/h7,9-10,15,18H,3-6,8,11-14,16H2,1-2H3/t18-/m0/s1. The van der Waals surface area contributed by atoms with Crippen LogP contribution in [0.4, 0.5) is 13.2 Å². The smallest absolute Gasteiger partial charge is 0.406 e. The Morgan fingerprint density at radius 3 is 2.46 bits per heavy atom. The summed E-state index contributed by atoms with van der Waals surface area (Å²) in [6.07, 6.45) is 1.02. The van der Waals surface area contributed by atoms with Crippen molar-refractivity contribution in [3.8, 4) is 5.75 Å². The van der Waals surface area contributed by atoms with Crippen LogP contribution in [0.2, 0.25) is 0 Å². The van der Waals surface area contributed by atoms with E-state index in [1.165, 1.54) is 25.3 Å². The van der Waals surface area contributed by atoms with E-state index in [1.54, 1.807) is 12.1 Å². The van der Waals surface area contributed by atoms with E-state index in [9.17, 15) is 13.2 Å². The second-order valence-electron chi connectivity index (χ2n) is 7.27. The molecule has 0 saturated carbocycles. The lowest BCUT2D eigenvalue weighted by atomic mass is 9.92. The van der Waals surface area contributed by atoms with E-state index in [0.29, 0.717) is 0 Å². The number of alkyl halides is 3. The fraction of sp³-hybridized carbons (Fsp3) is 0.700. The second kappa shape index (κ2) is 10.2. The molecule has 0 bridgehead atoms. The molecule has 1 fully saturated rings. The maximum absolute atomic E-state index is 12.5. The van der Waals surface area contributed by atoms with Crippen LogP contribution in [0.15, 0.2) is 24.3 Å². The highest BCUT2D eigenvalue weighted by molar-refractivity contribution is 5.31. The van der Waals surface area contributed by atoms with Gasteiger partial charge in [0.15, 0.2) is 0 Å². The fourth-order valence-corrected chi connectivity index (χ4v) is 3.49. The first-order chi connectivity index (χ1) is 12.4. The van der Waals surface area contributed by atoms with Crippen molar-refractivity contribution in [1.82, 2.24) is 9.80 Å². The van der Waals surface area contributed by atoms with Gasteiger partial charge in [0.05, 0.1) is 0 Å². The largest absolute Gasteiger partial charge is 0.573 e. The van der Waals surface area contributed by atoms with Gasteiger partial charge < -0.3 is 14.5 Å². The van der Waals surface area contributed by atoms with E-state index in [1.807, 2.05) is 6.07 Å². The number of benzene rings is 1. The van der Waals surface area contributed by atoms with Crippen LogP contribution in [0.1, 0.15) is 50.5 Å². The molecule has 1 aliphatic rings. The Morgan fingerprint density at radius 1 is 1.08 bits per heavy atom. The van der Waals surface area contributed by atoms with Gasteiger partial charge in [0.2, 0.25) is 0 Å². The molecule has 0 amide bonds. The Labute approximate surface area is 155 Å². The first-order valence-corrected chi connectivity index (χ1v) is 9.64. The first kappa shape index (κ1) is 21.0. The van der Waals surface area contributed by atoms with Crippen LogP contribution in [-0.4, -0.2) is 55.9 Å². The van der Waals surface area contributed by atoms with E-state index < -0.39 is 6.36 Å². The van der Waals surface area contributed by atoms with E-state index in [4.69, 9.17) is 0 Å². The molecule has 148 valence electrons. The third-order valence-electron chi connectivity index (χ3n) is 5.04. The molecule has 1 saturated heterocycles. The Kier molecular flexibility index (Phi) is 8.22. The van der Waals surface area contributed by atoms with Gasteiger partial charge in [0.25, 0.3) is 0 Å². The summed E-state index contributed by atoms with van der Waals surface area (Å²) >= 11 is 0. The highest BCUT2D eigenvalue weighted by Crippen LogP contribution is 2.29. The molecule has 0 spiro atoms. The van der Waals surface area contributed by atoms with Crippen LogP contribution < -0.4 is 4.74 Å². The van der Waals surface area contributed by atoms with E-state index in [0.717, 1.165) is 51.1 Å². The third-order valence-corrected chi connectivity index (χ3v) is 5.04. The highest BCUT2D eigenvalue weighted by atomic mass is 19.4. The van der Waals surface area contributed by atoms with Crippen molar-refractivity contribution in [1.29, 1.82) is 0 Å². The summed E-state index contributed by atoms with van der Waals surface area (Å²) < 4.78 is 41.7. The molecule has 6 heteroatoms. The average Bonchev–Trinajstić information content (AvgIpc) is 2.58. The number of rotatable bonds is 9. The zero-order valence-electron chi connectivity index (χ0n) is 15.9.